The molecule has 0 bridgehead atoms. The molecule has 0 spiro atoms. The summed E-state index contributed by atoms with van der Waals surface area (Å²) in [7, 11) is 0. The first kappa shape index (κ1) is 12.8. The molecule has 3 nitrogen and oxygen atoms in total. The van der Waals surface area contributed by atoms with Gasteiger partial charge in [-0.15, -0.1) is 0 Å². The molecule has 1 aromatic rings. The normalized spacial score (nSPS) is 14.7. The predicted octanol–water partition coefficient (Wildman–Crippen LogP) is 2.19. The van der Waals surface area contributed by atoms with Crippen LogP contribution in [-0.4, -0.2) is 22.1 Å². The molecular formula is C10H10Br2O3. The van der Waals surface area contributed by atoms with Crippen molar-refractivity contribution in [3.8, 4) is 0 Å². The lowest BCUT2D eigenvalue weighted by Gasteiger charge is -2.16. The summed E-state index contributed by atoms with van der Waals surface area (Å²) in [6.07, 6.45) is -2.58. The Morgan fingerprint density at radius 3 is 2.07 bits per heavy atom. The molecule has 0 fully saturated rings. The second kappa shape index (κ2) is 5.21. The van der Waals surface area contributed by atoms with Crippen molar-refractivity contribution in [1.29, 1.82) is 0 Å². The minimum atomic E-state index is -1.38. The van der Waals surface area contributed by atoms with Crippen LogP contribution in [0.1, 0.15) is 18.6 Å². The van der Waals surface area contributed by atoms with Crippen LogP contribution in [0.3, 0.4) is 0 Å². The number of aliphatic hydroxyl groups is 2. The molecule has 0 saturated heterocycles. The molecule has 1 aromatic carbocycles. The first-order valence-corrected chi connectivity index (χ1v) is 5.83. The standard InChI is InChI=1S/C10H10Br2O3/c1-5(13)9(14)10(15)6-2-7(11)4-8(12)3-6/h2-4,9-10,14-15H,1H3/t9-,10-/m0/s1. The zero-order chi connectivity index (χ0) is 11.6. The van der Waals surface area contributed by atoms with E-state index in [1.54, 1.807) is 18.2 Å². The van der Waals surface area contributed by atoms with Crippen LogP contribution in [0.25, 0.3) is 0 Å². The van der Waals surface area contributed by atoms with Crippen LogP contribution < -0.4 is 0 Å². The lowest BCUT2D eigenvalue weighted by Crippen LogP contribution is -2.25. The largest absolute Gasteiger partial charge is 0.385 e. The van der Waals surface area contributed by atoms with Gasteiger partial charge in [0, 0.05) is 8.95 Å². The van der Waals surface area contributed by atoms with Gasteiger partial charge in [0.2, 0.25) is 0 Å². The van der Waals surface area contributed by atoms with Crippen LogP contribution in [0.2, 0.25) is 0 Å². The Morgan fingerprint density at radius 2 is 1.67 bits per heavy atom. The third-order valence-electron chi connectivity index (χ3n) is 1.94. The number of aliphatic hydroxyl groups excluding tert-OH is 2. The maximum atomic E-state index is 10.9. The highest BCUT2D eigenvalue weighted by molar-refractivity contribution is 9.11. The van der Waals surface area contributed by atoms with Crippen molar-refractivity contribution in [3.05, 3.63) is 32.7 Å². The summed E-state index contributed by atoms with van der Waals surface area (Å²) in [6.45, 7) is 1.24. The molecule has 0 aliphatic heterocycles. The summed E-state index contributed by atoms with van der Waals surface area (Å²) >= 11 is 6.52. The van der Waals surface area contributed by atoms with Crippen molar-refractivity contribution in [2.75, 3.05) is 0 Å². The third kappa shape index (κ3) is 3.38. The Kier molecular flexibility index (Phi) is 4.45. The van der Waals surface area contributed by atoms with E-state index < -0.39 is 18.0 Å². The Hall–Kier alpha value is -0.230. The van der Waals surface area contributed by atoms with E-state index in [-0.39, 0.29) is 0 Å². The summed E-state index contributed by atoms with van der Waals surface area (Å²) in [5.41, 5.74) is 0.485. The first-order chi connectivity index (χ1) is 6.91. The molecule has 1 rings (SSSR count). The summed E-state index contributed by atoms with van der Waals surface area (Å²) in [4.78, 5) is 10.9. The van der Waals surface area contributed by atoms with Gasteiger partial charge in [-0.05, 0) is 30.7 Å². The minimum Gasteiger partial charge on any atom is -0.385 e. The van der Waals surface area contributed by atoms with Gasteiger partial charge in [-0.2, -0.15) is 0 Å². The minimum absolute atomic E-state index is 0.460. The number of carbonyl (C=O) groups is 1. The fraction of sp³-hybridized carbons (Fsp3) is 0.300. The smallest absolute Gasteiger partial charge is 0.161 e. The Morgan fingerprint density at radius 1 is 1.20 bits per heavy atom. The van der Waals surface area contributed by atoms with Crippen LogP contribution in [0.15, 0.2) is 27.1 Å². The van der Waals surface area contributed by atoms with Crippen molar-refractivity contribution < 1.29 is 15.0 Å². The molecule has 0 aliphatic carbocycles. The van der Waals surface area contributed by atoms with E-state index >= 15 is 0 Å². The molecule has 0 aliphatic rings. The number of hydrogen-bond donors (Lipinski definition) is 2. The van der Waals surface area contributed by atoms with Gasteiger partial charge in [-0.3, -0.25) is 4.79 Å². The average Bonchev–Trinajstić information content (AvgIpc) is 2.13. The molecule has 0 saturated carbocycles. The monoisotopic (exact) mass is 336 g/mol. The summed E-state index contributed by atoms with van der Waals surface area (Å²) < 4.78 is 1.53. The summed E-state index contributed by atoms with van der Waals surface area (Å²) in [5, 5.41) is 19.1. The molecule has 82 valence electrons. The van der Waals surface area contributed by atoms with Crippen molar-refractivity contribution >= 4 is 37.6 Å². The molecule has 5 heteroatoms. The number of ketones is 1. The van der Waals surface area contributed by atoms with E-state index in [4.69, 9.17) is 0 Å². The quantitative estimate of drug-likeness (QED) is 0.889. The molecule has 2 N–H and O–H groups in total. The van der Waals surface area contributed by atoms with Crippen molar-refractivity contribution in [2.24, 2.45) is 0 Å². The lowest BCUT2D eigenvalue weighted by atomic mass is 10.0. The molecule has 0 amide bonds. The van der Waals surface area contributed by atoms with Gasteiger partial charge in [-0.1, -0.05) is 31.9 Å². The van der Waals surface area contributed by atoms with E-state index in [1.807, 2.05) is 0 Å². The van der Waals surface area contributed by atoms with Crippen LogP contribution in [0.4, 0.5) is 0 Å². The zero-order valence-electron chi connectivity index (χ0n) is 7.95. The second-order valence-corrected chi connectivity index (χ2v) is 5.03. The van der Waals surface area contributed by atoms with Crippen molar-refractivity contribution in [1.82, 2.24) is 0 Å². The molecule has 0 unspecified atom stereocenters. The Bertz CT molecular complexity index is 359. The van der Waals surface area contributed by atoms with E-state index in [0.29, 0.717) is 5.56 Å². The second-order valence-electron chi connectivity index (χ2n) is 3.20. The fourth-order valence-electron chi connectivity index (χ4n) is 1.15. The molecular weight excluding hydrogens is 328 g/mol. The van der Waals surface area contributed by atoms with Crippen LogP contribution in [0.5, 0.6) is 0 Å². The van der Waals surface area contributed by atoms with Crippen molar-refractivity contribution in [3.63, 3.8) is 0 Å². The predicted molar refractivity (Wildman–Crippen MR) is 63.5 cm³/mol. The van der Waals surface area contributed by atoms with E-state index in [2.05, 4.69) is 31.9 Å². The first-order valence-electron chi connectivity index (χ1n) is 4.24. The maximum Gasteiger partial charge on any atom is 0.161 e. The summed E-state index contributed by atoms with van der Waals surface area (Å²) in [5.74, 6) is -0.460. The maximum absolute atomic E-state index is 10.9. The highest BCUT2D eigenvalue weighted by Gasteiger charge is 2.22. The van der Waals surface area contributed by atoms with E-state index in [1.165, 1.54) is 6.92 Å². The van der Waals surface area contributed by atoms with Gasteiger partial charge in [0.15, 0.2) is 5.78 Å². The zero-order valence-corrected chi connectivity index (χ0v) is 11.1. The van der Waals surface area contributed by atoms with Gasteiger partial charge in [0.1, 0.15) is 12.2 Å². The van der Waals surface area contributed by atoms with Gasteiger partial charge in [0.25, 0.3) is 0 Å². The number of carbonyl (C=O) groups excluding carboxylic acids is 1. The SMILES string of the molecule is CC(=O)[C@H](O)[C@@H](O)c1cc(Br)cc(Br)c1. The number of halogens is 2. The van der Waals surface area contributed by atoms with Crippen LogP contribution in [-0.2, 0) is 4.79 Å². The van der Waals surface area contributed by atoms with Gasteiger partial charge < -0.3 is 10.2 Å². The van der Waals surface area contributed by atoms with E-state index in [9.17, 15) is 15.0 Å². The van der Waals surface area contributed by atoms with Crippen LogP contribution >= 0.6 is 31.9 Å². The number of hydrogen-bond acceptors (Lipinski definition) is 3. The van der Waals surface area contributed by atoms with Gasteiger partial charge in [-0.25, -0.2) is 0 Å². The lowest BCUT2D eigenvalue weighted by molar-refractivity contribution is -0.130. The number of Topliss-reactive ketones (excluding diaryl/α,β-unsaturated/α-hetero) is 1. The van der Waals surface area contributed by atoms with Crippen LogP contribution in [0, 0.1) is 0 Å². The van der Waals surface area contributed by atoms with Crippen molar-refractivity contribution in [2.45, 2.75) is 19.1 Å². The Balaban J connectivity index is 3.00. The molecule has 0 radical (unpaired) electrons. The number of benzene rings is 1. The third-order valence-corrected chi connectivity index (χ3v) is 2.86. The molecule has 15 heavy (non-hydrogen) atoms. The number of rotatable bonds is 3. The highest BCUT2D eigenvalue weighted by atomic mass is 79.9. The van der Waals surface area contributed by atoms with Gasteiger partial charge >= 0.3 is 0 Å². The highest BCUT2D eigenvalue weighted by Crippen LogP contribution is 2.26. The summed E-state index contributed by atoms with van der Waals surface area (Å²) in [6, 6.07) is 5.11. The average molecular weight is 338 g/mol. The molecule has 0 heterocycles. The topological polar surface area (TPSA) is 57.5 Å². The molecule has 0 aromatic heterocycles. The Labute approximate surface area is 104 Å². The fourth-order valence-corrected chi connectivity index (χ4v) is 2.48. The van der Waals surface area contributed by atoms with Gasteiger partial charge in [0.05, 0.1) is 0 Å². The molecule has 2 atom stereocenters. The van der Waals surface area contributed by atoms with E-state index in [0.717, 1.165) is 8.95 Å².